The summed E-state index contributed by atoms with van der Waals surface area (Å²) in [6, 6.07) is 20.1. The number of aromatic amines is 1. The second kappa shape index (κ2) is 7.47. The number of nitrogens with two attached hydrogens (primary N) is 1. The number of phenolic OH excluding ortho intramolecular Hbond substituents is 1. The number of para-hydroxylation sites is 1. The Morgan fingerprint density at radius 2 is 1.72 bits per heavy atom. The van der Waals surface area contributed by atoms with Crippen molar-refractivity contribution in [2.45, 2.75) is 6.42 Å². The van der Waals surface area contributed by atoms with Gasteiger partial charge in [0, 0.05) is 0 Å². The van der Waals surface area contributed by atoms with E-state index in [9.17, 15) is 14.7 Å². The Bertz CT molecular complexity index is 1220. The predicted molar refractivity (Wildman–Crippen MR) is 110 cm³/mol. The fourth-order valence-corrected chi connectivity index (χ4v) is 3.25. The number of nitrogens with one attached hydrogen (secondary N) is 2. The first-order chi connectivity index (χ1) is 14.0. The molecule has 3 aromatic carbocycles. The Morgan fingerprint density at radius 3 is 2.52 bits per heavy atom. The molecule has 1 aromatic heterocycles. The number of amides is 2. The SMILES string of the molecule is NC(=O)c1nc(-c2ccccc2O)[nH]c1NC(=O)Cc1cccc2ccccc12. The summed E-state index contributed by atoms with van der Waals surface area (Å²) in [5.41, 5.74) is 6.56. The predicted octanol–water partition coefficient (Wildman–Crippen LogP) is 3.22. The topological polar surface area (TPSA) is 121 Å². The first kappa shape index (κ1) is 18.2. The third-order valence-corrected chi connectivity index (χ3v) is 4.59. The molecule has 7 nitrogen and oxygen atoms in total. The lowest BCUT2D eigenvalue weighted by atomic mass is 10.0. The molecule has 0 aliphatic heterocycles. The van der Waals surface area contributed by atoms with Gasteiger partial charge in [0.1, 0.15) is 17.4 Å². The third kappa shape index (κ3) is 3.66. The van der Waals surface area contributed by atoms with E-state index in [2.05, 4.69) is 15.3 Å². The van der Waals surface area contributed by atoms with E-state index >= 15 is 0 Å². The maximum Gasteiger partial charge on any atom is 0.271 e. The largest absolute Gasteiger partial charge is 0.507 e. The molecule has 0 aliphatic carbocycles. The van der Waals surface area contributed by atoms with Crippen LogP contribution in [-0.4, -0.2) is 26.9 Å². The first-order valence-electron chi connectivity index (χ1n) is 8.97. The minimum atomic E-state index is -0.789. The molecule has 1 heterocycles. The van der Waals surface area contributed by atoms with E-state index in [1.165, 1.54) is 6.07 Å². The van der Waals surface area contributed by atoms with Crippen LogP contribution < -0.4 is 11.1 Å². The minimum absolute atomic E-state index is 0.00842. The van der Waals surface area contributed by atoms with Crippen LogP contribution in [0.5, 0.6) is 5.75 Å². The number of carbonyl (C=O) groups is 2. The van der Waals surface area contributed by atoms with E-state index < -0.39 is 5.91 Å². The van der Waals surface area contributed by atoms with E-state index in [4.69, 9.17) is 5.73 Å². The number of phenols is 1. The zero-order valence-electron chi connectivity index (χ0n) is 15.3. The standard InChI is InChI=1S/C22H18N4O3/c23-20(29)19-22(26-21(25-19)16-10-3-4-11-17(16)27)24-18(28)12-14-8-5-7-13-6-1-2-9-15(13)14/h1-11,27H,12H2,(H2,23,29)(H,24,28)(H,25,26). The molecule has 4 aromatic rings. The van der Waals surface area contributed by atoms with E-state index in [1.807, 2.05) is 42.5 Å². The lowest BCUT2D eigenvalue weighted by Gasteiger charge is -2.07. The van der Waals surface area contributed by atoms with Crippen LogP contribution in [0.2, 0.25) is 0 Å². The van der Waals surface area contributed by atoms with Gasteiger partial charge in [-0.05, 0) is 28.5 Å². The molecular weight excluding hydrogens is 368 g/mol. The molecule has 0 bridgehead atoms. The highest BCUT2D eigenvalue weighted by atomic mass is 16.3. The van der Waals surface area contributed by atoms with Crippen molar-refractivity contribution < 1.29 is 14.7 Å². The molecule has 144 valence electrons. The summed E-state index contributed by atoms with van der Waals surface area (Å²) < 4.78 is 0. The zero-order chi connectivity index (χ0) is 20.4. The molecule has 5 N–H and O–H groups in total. The van der Waals surface area contributed by atoms with E-state index in [0.29, 0.717) is 5.56 Å². The van der Waals surface area contributed by atoms with Gasteiger partial charge in [0.15, 0.2) is 5.69 Å². The number of rotatable bonds is 5. The monoisotopic (exact) mass is 386 g/mol. The summed E-state index contributed by atoms with van der Waals surface area (Å²) in [5, 5.41) is 14.7. The van der Waals surface area contributed by atoms with E-state index in [1.54, 1.807) is 18.2 Å². The van der Waals surface area contributed by atoms with Crippen molar-refractivity contribution in [1.82, 2.24) is 9.97 Å². The van der Waals surface area contributed by atoms with Crippen LogP contribution >= 0.6 is 0 Å². The molecule has 29 heavy (non-hydrogen) atoms. The molecule has 2 amide bonds. The number of fused-ring (bicyclic) bond motifs is 1. The highest BCUT2D eigenvalue weighted by molar-refractivity contribution is 6.02. The van der Waals surface area contributed by atoms with Crippen molar-refractivity contribution in [3.63, 3.8) is 0 Å². The van der Waals surface area contributed by atoms with Crippen LogP contribution in [0.4, 0.5) is 5.82 Å². The Labute approximate surface area is 166 Å². The molecule has 0 atom stereocenters. The number of H-pyrrole nitrogens is 1. The summed E-state index contributed by atoms with van der Waals surface area (Å²) in [5.74, 6) is -0.788. The Morgan fingerprint density at radius 1 is 1.00 bits per heavy atom. The second-order valence-corrected chi connectivity index (χ2v) is 6.55. The average Bonchev–Trinajstić information content (AvgIpc) is 3.12. The lowest BCUT2D eigenvalue weighted by molar-refractivity contribution is -0.115. The van der Waals surface area contributed by atoms with Gasteiger partial charge in [-0.15, -0.1) is 0 Å². The number of anilines is 1. The number of hydrogen-bond donors (Lipinski definition) is 4. The number of hydrogen-bond acceptors (Lipinski definition) is 4. The summed E-state index contributed by atoms with van der Waals surface area (Å²) in [7, 11) is 0. The number of primary amides is 1. The van der Waals surface area contributed by atoms with Gasteiger partial charge in [0.05, 0.1) is 12.0 Å². The molecule has 0 aliphatic rings. The van der Waals surface area contributed by atoms with Crippen molar-refractivity contribution in [2.75, 3.05) is 5.32 Å². The highest BCUT2D eigenvalue weighted by Crippen LogP contribution is 2.28. The molecule has 4 rings (SSSR count). The Kier molecular flexibility index (Phi) is 4.70. The normalized spacial score (nSPS) is 10.8. The van der Waals surface area contributed by atoms with Gasteiger partial charge in [-0.2, -0.15) is 0 Å². The number of aromatic nitrogens is 2. The van der Waals surface area contributed by atoms with E-state index in [0.717, 1.165) is 16.3 Å². The van der Waals surface area contributed by atoms with Gasteiger partial charge >= 0.3 is 0 Å². The molecule has 0 fully saturated rings. The van der Waals surface area contributed by atoms with Crippen LogP contribution in [-0.2, 0) is 11.2 Å². The van der Waals surface area contributed by atoms with Crippen molar-refractivity contribution in [3.8, 4) is 17.1 Å². The number of benzene rings is 3. The Hall–Kier alpha value is -4.13. The van der Waals surface area contributed by atoms with Crippen LogP contribution in [0, 0.1) is 0 Å². The molecule has 0 saturated heterocycles. The third-order valence-electron chi connectivity index (χ3n) is 4.59. The van der Waals surface area contributed by atoms with Crippen molar-refractivity contribution in [3.05, 3.63) is 78.0 Å². The molecule has 0 radical (unpaired) electrons. The van der Waals surface area contributed by atoms with Crippen molar-refractivity contribution >= 4 is 28.4 Å². The molecule has 0 spiro atoms. The first-order valence-corrected chi connectivity index (χ1v) is 8.97. The fourth-order valence-electron chi connectivity index (χ4n) is 3.25. The van der Waals surface area contributed by atoms with Gasteiger partial charge < -0.3 is 21.1 Å². The van der Waals surface area contributed by atoms with Crippen LogP contribution in [0.15, 0.2) is 66.7 Å². The number of nitrogens with zero attached hydrogens (tertiary/aromatic N) is 1. The van der Waals surface area contributed by atoms with Gasteiger partial charge in [-0.3, -0.25) is 9.59 Å². The van der Waals surface area contributed by atoms with E-state index in [-0.39, 0.29) is 35.4 Å². The Balaban J connectivity index is 1.62. The van der Waals surface area contributed by atoms with Gasteiger partial charge in [0.25, 0.3) is 5.91 Å². The summed E-state index contributed by atoms with van der Waals surface area (Å²) in [4.78, 5) is 31.5. The molecule has 0 unspecified atom stereocenters. The summed E-state index contributed by atoms with van der Waals surface area (Å²) >= 11 is 0. The maximum atomic E-state index is 12.7. The maximum absolute atomic E-state index is 12.7. The van der Waals surface area contributed by atoms with Gasteiger partial charge in [0.2, 0.25) is 5.91 Å². The zero-order valence-corrected chi connectivity index (χ0v) is 15.3. The fraction of sp³-hybridized carbons (Fsp3) is 0.0455. The minimum Gasteiger partial charge on any atom is -0.507 e. The lowest BCUT2D eigenvalue weighted by Crippen LogP contribution is -2.19. The number of aromatic hydroxyl groups is 1. The number of imidazole rings is 1. The summed E-state index contributed by atoms with van der Waals surface area (Å²) in [6.07, 6.45) is 0.116. The van der Waals surface area contributed by atoms with Gasteiger partial charge in [-0.1, -0.05) is 54.6 Å². The van der Waals surface area contributed by atoms with Crippen LogP contribution in [0.3, 0.4) is 0 Å². The van der Waals surface area contributed by atoms with Gasteiger partial charge in [-0.25, -0.2) is 4.98 Å². The number of carbonyl (C=O) groups excluding carboxylic acids is 2. The van der Waals surface area contributed by atoms with Crippen LogP contribution in [0.1, 0.15) is 16.1 Å². The molecule has 0 saturated carbocycles. The summed E-state index contributed by atoms with van der Waals surface area (Å²) in [6.45, 7) is 0. The second-order valence-electron chi connectivity index (χ2n) is 6.55. The van der Waals surface area contributed by atoms with Crippen LogP contribution in [0.25, 0.3) is 22.2 Å². The molecular formula is C22H18N4O3. The average molecular weight is 386 g/mol. The molecule has 7 heteroatoms. The van der Waals surface area contributed by atoms with Crippen molar-refractivity contribution in [2.24, 2.45) is 5.73 Å². The quantitative estimate of drug-likeness (QED) is 0.421. The smallest absolute Gasteiger partial charge is 0.271 e. The highest BCUT2D eigenvalue weighted by Gasteiger charge is 2.19. The van der Waals surface area contributed by atoms with Crippen molar-refractivity contribution in [1.29, 1.82) is 0 Å².